The number of aromatic nitrogens is 3. The molecule has 0 spiro atoms. The molecular weight excluding hydrogens is 250 g/mol. The second kappa shape index (κ2) is 4.66. The first kappa shape index (κ1) is 11.5. The molecule has 1 aromatic heterocycles. The van der Waals surface area contributed by atoms with E-state index in [-0.39, 0.29) is 18.3 Å². The Kier molecular flexibility index (Phi) is 2.82. The van der Waals surface area contributed by atoms with E-state index in [0.29, 0.717) is 12.6 Å². The SMILES string of the molecule is C(Oc1nc(CC2CO2)nc(CC2CO2)n1)C1CO1. The smallest absolute Gasteiger partial charge is 0.320 e. The number of epoxide rings is 3. The zero-order chi connectivity index (χ0) is 12.7. The predicted molar refractivity (Wildman–Crippen MR) is 62.0 cm³/mol. The van der Waals surface area contributed by atoms with Crippen molar-refractivity contribution in [2.24, 2.45) is 0 Å². The van der Waals surface area contributed by atoms with Gasteiger partial charge in [0.1, 0.15) is 24.4 Å². The molecule has 3 aliphatic rings. The van der Waals surface area contributed by atoms with Crippen molar-refractivity contribution in [3.05, 3.63) is 11.6 Å². The minimum Gasteiger partial charge on any atom is -0.461 e. The maximum Gasteiger partial charge on any atom is 0.320 e. The van der Waals surface area contributed by atoms with Gasteiger partial charge in [0.05, 0.1) is 32.0 Å². The minimum atomic E-state index is 0.196. The van der Waals surface area contributed by atoms with Gasteiger partial charge in [-0.1, -0.05) is 0 Å². The molecule has 0 amide bonds. The van der Waals surface area contributed by atoms with E-state index in [4.69, 9.17) is 18.9 Å². The molecule has 3 unspecified atom stereocenters. The van der Waals surface area contributed by atoms with Crippen molar-refractivity contribution in [2.45, 2.75) is 31.2 Å². The summed E-state index contributed by atoms with van der Waals surface area (Å²) in [6, 6.07) is 0.386. The van der Waals surface area contributed by atoms with E-state index in [0.717, 1.165) is 44.3 Å². The molecule has 0 bridgehead atoms. The third kappa shape index (κ3) is 3.37. The first-order valence-electron chi connectivity index (χ1n) is 6.56. The lowest BCUT2D eigenvalue weighted by molar-refractivity contribution is 0.243. The van der Waals surface area contributed by atoms with Gasteiger partial charge in [-0.25, -0.2) is 4.98 Å². The van der Waals surface area contributed by atoms with E-state index in [1.807, 2.05) is 0 Å². The molecular formula is C12H15N3O4. The summed E-state index contributed by atoms with van der Waals surface area (Å²) in [4.78, 5) is 13.1. The lowest BCUT2D eigenvalue weighted by atomic mass is 10.3. The van der Waals surface area contributed by atoms with Crippen LogP contribution >= 0.6 is 0 Å². The Morgan fingerprint density at radius 1 is 0.842 bits per heavy atom. The normalized spacial score (nSPS) is 31.1. The van der Waals surface area contributed by atoms with Gasteiger partial charge in [-0.2, -0.15) is 9.97 Å². The van der Waals surface area contributed by atoms with Gasteiger partial charge < -0.3 is 18.9 Å². The van der Waals surface area contributed by atoms with Gasteiger partial charge >= 0.3 is 6.01 Å². The summed E-state index contributed by atoms with van der Waals surface area (Å²) in [5.41, 5.74) is 0. The third-order valence-corrected chi connectivity index (χ3v) is 3.13. The van der Waals surface area contributed by atoms with Crippen molar-refractivity contribution in [1.82, 2.24) is 15.0 Å². The second-order valence-electron chi connectivity index (χ2n) is 5.04. The van der Waals surface area contributed by atoms with Crippen molar-refractivity contribution < 1.29 is 18.9 Å². The van der Waals surface area contributed by atoms with E-state index in [1.165, 1.54) is 0 Å². The Bertz CT molecular complexity index is 440. The molecule has 0 saturated carbocycles. The lowest BCUT2D eigenvalue weighted by Gasteiger charge is -2.06. The van der Waals surface area contributed by atoms with Gasteiger partial charge in [0.2, 0.25) is 0 Å². The van der Waals surface area contributed by atoms with Gasteiger partial charge in [-0.15, -0.1) is 0 Å². The standard InChI is InChI=1S/C12H15N3O4/c1(7-3-16-7)10-13-11(2-8-4-17-8)15-12(14-10)19-6-9-5-18-9/h7-9H,1-6H2. The number of hydrogen-bond donors (Lipinski definition) is 0. The van der Waals surface area contributed by atoms with E-state index in [2.05, 4.69) is 15.0 Å². The Morgan fingerprint density at radius 2 is 1.37 bits per heavy atom. The molecule has 3 aliphatic heterocycles. The van der Waals surface area contributed by atoms with Crippen LogP contribution in [0.15, 0.2) is 0 Å². The van der Waals surface area contributed by atoms with E-state index in [9.17, 15) is 0 Å². The average Bonchev–Trinajstić information content (AvgIpc) is 3.23. The fourth-order valence-electron chi connectivity index (χ4n) is 1.80. The molecule has 0 N–H and O–H groups in total. The lowest BCUT2D eigenvalue weighted by Crippen LogP contribution is -2.13. The highest BCUT2D eigenvalue weighted by Gasteiger charge is 2.28. The topological polar surface area (TPSA) is 85.5 Å². The number of hydrogen-bond acceptors (Lipinski definition) is 7. The van der Waals surface area contributed by atoms with Gasteiger partial charge in [0.15, 0.2) is 0 Å². The van der Waals surface area contributed by atoms with E-state index < -0.39 is 0 Å². The Hall–Kier alpha value is -1.31. The molecule has 4 heterocycles. The van der Waals surface area contributed by atoms with Crippen LogP contribution in [0, 0.1) is 0 Å². The molecule has 0 radical (unpaired) electrons. The highest BCUT2D eigenvalue weighted by atomic mass is 16.6. The van der Waals surface area contributed by atoms with Crippen molar-refractivity contribution >= 4 is 0 Å². The molecule has 3 fully saturated rings. The molecule has 3 atom stereocenters. The quantitative estimate of drug-likeness (QED) is 0.616. The first-order chi connectivity index (χ1) is 9.35. The predicted octanol–water partition coefficient (Wildman–Crippen LogP) is -0.468. The van der Waals surface area contributed by atoms with Crippen molar-refractivity contribution in [1.29, 1.82) is 0 Å². The summed E-state index contributed by atoms with van der Waals surface area (Å²) in [6.07, 6.45) is 2.15. The number of rotatable bonds is 7. The molecule has 1 aromatic rings. The molecule has 0 aliphatic carbocycles. The minimum absolute atomic E-state index is 0.196. The van der Waals surface area contributed by atoms with Crippen molar-refractivity contribution in [2.75, 3.05) is 26.4 Å². The van der Waals surface area contributed by atoms with Crippen LogP contribution in [0.4, 0.5) is 0 Å². The Morgan fingerprint density at radius 3 is 1.84 bits per heavy atom. The summed E-state index contributed by atoms with van der Waals surface area (Å²) >= 11 is 0. The largest absolute Gasteiger partial charge is 0.461 e. The molecule has 0 aromatic carbocycles. The van der Waals surface area contributed by atoms with Crippen LogP contribution in [-0.2, 0) is 27.1 Å². The fraction of sp³-hybridized carbons (Fsp3) is 0.750. The summed E-state index contributed by atoms with van der Waals surface area (Å²) in [7, 11) is 0. The van der Waals surface area contributed by atoms with Gasteiger partial charge in [-0.3, -0.25) is 0 Å². The summed E-state index contributed by atoms with van der Waals surface area (Å²) in [5.74, 6) is 1.47. The average molecular weight is 265 g/mol. The van der Waals surface area contributed by atoms with Crippen molar-refractivity contribution in [3.63, 3.8) is 0 Å². The summed E-state index contributed by atoms with van der Waals surface area (Å²) in [6.45, 7) is 2.84. The Labute approximate surface area is 110 Å². The number of nitrogens with zero attached hydrogens (tertiary/aromatic N) is 3. The van der Waals surface area contributed by atoms with Crippen LogP contribution in [-0.4, -0.2) is 59.7 Å². The molecule has 7 heteroatoms. The molecule has 7 nitrogen and oxygen atoms in total. The number of ether oxygens (including phenoxy) is 4. The fourth-order valence-corrected chi connectivity index (χ4v) is 1.80. The van der Waals surface area contributed by atoms with Crippen LogP contribution in [0.5, 0.6) is 6.01 Å². The summed E-state index contributed by atoms with van der Waals surface area (Å²) in [5, 5.41) is 0. The van der Waals surface area contributed by atoms with Crippen molar-refractivity contribution in [3.8, 4) is 6.01 Å². The molecule has 19 heavy (non-hydrogen) atoms. The van der Waals surface area contributed by atoms with Crippen LogP contribution in [0.25, 0.3) is 0 Å². The zero-order valence-electron chi connectivity index (χ0n) is 10.4. The molecule has 102 valence electrons. The van der Waals surface area contributed by atoms with Gasteiger partial charge in [0.25, 0.3) is 0 Å². The van der Waals surface area contributed by atoms with Gasteiger partial charge in [0, 0.05) is 12.8 Å². The first-order valence-corrected chi connectivity index (χ1v) is 6.56. The van der Waals surface area contributed by atoms with E-state index >= 15 is 0 Å². The maximum absolute atomic E-state index is 5.55. The third-order valence-electron chi connectivity index (χ3n) is 3.13. The monoisotopic (exact) mass is 265 g/mol. The maximum atomic E-state index is 5.55. The highest BCUT2D eigenvalue weighted by molar-refractivity contribution is 5.05. The van der Waals surface area contributed by atoms with Crippen LogP contribution < -0.4 is 4.74 Å². The molecule has 4 rings (SSSR count). The Balaban J connectivity index is 1.48. The van der Waals surface area contributed by atoms with Crippen LogP contribution in [0.1, 0.15) is 11.6 Å². The van der Waals surface area contributed by atoms with E-state index in [1.54, 1.807) is 0 Å². The zero-order valence-corrected chi connectivity index (χ0v) is 10.4. The van der Waals surface area contributed by atoms with Crippen LogP contribution in [0.2, 0.25) is 0 Å². The van der Waals surface area contributed by atoms with Crippen LogP contribution in [0.3, 0.4) is 0 Å². The van der Waals surface area contributed by atoms with Gasteiger partial charge in [-0.05, 0) is 0 Å². The molecule has 3 saturated heterocycles. The highest BCUT2D eigenvalue weighted by Crippen LogP contribution is 2.19. The summed E-state index contributed by atoms with van der Waals surface area (Å²) < 4.78 is 21.1. The second-order valence-corrected chi connectivity index (χ2v) is 5.04.